The van der Waals surface area contributed by atoms with Crippen molar-refractivity contribution in [2.45, 2.75) is 50.7 Å². The molecule has 0 aromatic heterocycles. The summed E-state index contributed by atoms with van der Waals surface area (Å²) in [5, 5.41) is 9.27. The number of carbonyl (C=O) groups excluding carboxylic acids is 1. The molecular weight excluding hydrogens is 260 g/mol. The molecule has 0 saturated carbocycles. The maximum Gasteiger partial charge on any atom is 0.336 e. The van der Waals surface area contributed by atoms with Gasteiger partial charge in [-0.05, 0) is 26.2 Å². The largest absolute Gasteiger partial charge is 0.479 e. The van der Waals surface area contributed by atoms with Crippen molar-refractivity contribution in [2.75, 3.05) is 26.7 Å². The highest BCUT2D eigenvalue weighted by Crippen LogP contribution is 2.28. The van der Waals surface area contributed by atoms with Crippen molar-refractivity contribution in [1.82, 2.24) is 9.80 Å². The zero-order chi connectivity index (χ0) is 14.8. The van der Waals surface area contributed by atoms with Crippen LogP contribution in [0.4, 0.5) is 4.79 Å². The van der Waals surface area contributed by atoms with Crippen LogP contribution in [0.25, 0.3) is 0 Å². The third-order valence-corrected chi connectivity index (χ3v) is 4.67. The van der Waals surface area contributed by atoms with E-state index in [-0.39, 0.29) is 12.1 Å². The fraction of sp³-hybridized carbons (Fsp3) is 0.857. The molecule has 0 aliphatic carbocycles. The molecule has 6 nitrogen and oxygen atoms in total. The Morgan fingerprint density at radius 2 is 1.85 bits per heavy atom. The molecule has 2 heterocycles. The molecule has 114 valence electrons. The molecule has 2 rings (SSSR count). The highest BCUT2D eigenvalue weighted by atomic mass is 16.5. The number of carboxylic acids is 1. The highest BCUT2D eigenvalue weighted by Gasteiger charge is 2.43. The van der Waals surface area contributed by atoms with Gasteiger partial charge in [0.15, 0.2) is 5.60 Å². The number of hydrogen-bond acceptors (Lipinski definition) is 3. The minimum atomic E-state index is -1.12. The van der Waals surface area contributed by atoms with Crippen LogP contribution in [-0.2, 0) is 9.53 Å². The molecule has 0 aromatic carbocycles. The van der Waals surface area contributed by atoms with Gasteiger partial charge in [-0.1, -0.05) is 0 Å². The molecule has 2 aliphatic heterocycles. The number of methoxy groups -OCH3 is 1. The van der Waals surface area contributed by atoms with E-state index >= 15 is 0 Å². The van der Waals surface area contributed by atoms with Crippen LogP contribution in [0.5, 0.6) is 0 Å². The number of carbonyl (C=O) groups is 2. The van der Waals surface area contributed by atoms with Gasteiger partial charge in [0.2, 0.25) is 0 Å². The Morgan fingerprint density at radius 3 is 2.35 bits per heavy atom. The van der Waals surface area contributed by atoms with Crippen molar-refractivity contribution in [2.24, 2.45) is 0 Å². The maximum absolute atomic E-state index is 12.5. The Kier molecular flexibility index (Phi) is 4.52. The molecule has 6 heteroatoms. The first kappa shape index (κ1) is 15.1. The Bertz CT molecular complexity index is 377. The number of piperidine rings is 2. The third-order valence-electron chi connectivity index (χ3n) is 4.67. The van der Waals surface area contributed by atoms with Gasteiger partial charge in [0.05, 0.1) is 0 Å². The normalized spacial score (nSPS) is 26.4. The lowest BCUT2D eigenvalue weighted by Gasteiger charge is -2.42. The average Bonchev–Trinajstić information content (AvgIpc) is 2.47. The molecule has 1 atom stereocenters. The Hall–Kier alpha value is -1.30. The fourth-order valence-corrected chi connectivity index (χ4v) is 3.13. The number of urea groups is 1. The summed E-state index contributed by atoms with van der Waals surface area (Å²) < 4.78 is 5.18. The second-order valence-corrected chi connectivity index (χ2v) is 5.81. The molecule has 0 radical (unpaired) electrons. The summed E-state index contributed by atoms with van der Waals surface area (Å²) >= 11 is 0. The predicted molar refractivity (Wildman–Crippen MR) is 73.6 cm³/mol. The summed E-state index contributed by atoms with van der Waals surface area (Å²) in [5.74, 6) is -0.932. The quantitative estimate of drug-likeness (QED) is 0.835. The number of amides is 2. The van der Waals surface area contributed by atoms with Crippen LogP contribution >= 0.6 is 0 Å². The number of nitrogens with zero attached hydrogens (tertiary/aromatic N) is 2. The fourth-order valence-electron chi connectivity index (χ4n) is 3.13. The second kappa shape index (κ2) is 5.99. The lowest BCUT2D eigenvalue weighted by Crippen LogP contribution is -2.56. The molecule has 2 saturated heterocycles. The van der Waals surface area contributed by atoms with E-state index in [1.807, 2.05) is 4.90 Å². The number of likely N-dealkylation sites (tertiary alicyclic amines) is 2. The van der Waals surface area contributed by atoms with Gasteiger partial charge in [-0.2, -0.15) is 0 Å². The molecule has 20 heavy (non-hydrogen) atoms. The van der Waals surface area contributed by atoms with E-state index in [2.05, 4.69) is 6.92 Å². The molecule has 2 fully saturated rings. The number of ether oxygens (including phenoxy) is 1. The van der Waals surface area contributed by atoms with E-state index in [1.54, 1.807) is 4.90 Å². The smallest absolute Gasteiger partial charge is 0.336 e. The van der Waals surface area contributed by atoms with E-state index in [4.69, 9.17) is 4.74 Å². The average molecular weight is 284 g/mol. The van der Waals surface area contributed by atoms with Crippen LogP contribution < -0.4 is 0 Å². The van der Waals surface area contributed by atoms with Gasteiger partial charge in [0.25, 0.3) is 0 Å². The van der Waals surface area contributed by atoms with E-state index < -0.39 is 11.6 Å². The molecule has 0 spiro atoms. The van der Waals surface area contributed by atoms with Crippen LogP contribution in [0.1, 0.15) is 39.0 Å². The summed E-state index contributed by atoms with van der Waals surface area (Å²) in [6.07, 6.45) is 3.99. The zero-order valence-corrected chi connectivity index (χ0v) is 12.3. The van der Waals surface area contributed by atoms with Crippen molar-refractivity contribution in [3.8, 4) is 0 Å². The predicted octanol–water partition coefficient (Wildman–Crippen LogP) is 1.55. The van der Waals surface area contributed by atoms with Crippen molar-refractivity contribution in [3.05, 3.63) is 0 Å². The van der Waals surface area contributed by atoms with Crippen molar-refractivity contribution >= 4 is 12.0 Å². The number of rotatable bonds is 2. The van der Waals surface area contributed by atoms with Crippen LogP contribution in [-0.4, -0.2) is 65.3 Å². The van der Waals surface area contributed by atoms with Gasteiger partial charge in [-0.15, -0.1) is 0 Å². The van der Waals surface area contributed by atoms with Crippen LogP contribution in [0, 0.1) is 0 Å². The molecular formula is C14H24N2O4. The second-order valence-electron chi connectivity index (χ2n) is 5.81. The molecule has 2 amide bonds. The summed E-state index contributed by atoms with van der Waals surface area (Å²) in [7, 11) is 1.43. The van der Waals surface area contributed by atoms with Gasteiger partial charge in [-0.25, -0.2) is 9.59 Å². The molecule has 0 aromatic rings. The number of aliphatic carboxylic acids is 1. The summed E-state index contributed by atoms with van der Waals surface area (Å²) in [4.78, 5) is 27.5. The monoisotopic (exact) mass is 284 g/mol. The van der Waals surface area contributed by atoms with Crippen LogP contribution in [0.3, 0.4) is 0 Å². The molecule has 0 bridgehead atoms. The van der Waals surface area contributed by atoms with Crippen LogP contribution in [0.2, 0.25) is 0 Å². The van der Waals surface area contributed by atoms with Crippen molar-refractivity contribution in [3.63, 3.8) is 0 Å². The van der Waals surface area contributed by atoms with Gasteiger partial charge in [0, 0.05) is 45.6 Å². The summed E-state index contributed by atoms with van der Waals surface area (Å²) in [6.45, 7) is 3.78. The highest BCUT2D eigenvalue weighted by molar-refractivity contribution is 5.79. The summed E-state index contributed by atoms with van der Waals surface area (Å²) in [5.41, 5.74) is -1.12. The van der Waals surface area contributed by atoms with E-state index in [1.165, 1.54) is 13.5 Å². The maximum atomic E-state index is 12.5. The Balaban J connectivity index is 1.96. The van der Waals surface area contributed by atoms with E-state index in [0.717, 1.165) is 19.4 Å². The van der Waals surface area contributed by atoms with Gasteiger partial charge in [-0.3, -0.25) is 0 Å². The lowest BCUT2D eigenvalue weighted by molar-refractivity contribution is -0.167. The van der Waals surface area contributed by atoms with Crippen LogP contribution in [0.15, 0.2) is 0 Å². The first-order valence-electron chi connectivity index (χ1n) is 7.34. The minimum absolute atomic E-state index is 0.0484. The van der Waals surface area contributed by atoms with Gasteiger partial charge < -0.3 is 19.6 Å². The standard InChI is InChI=1S/C14H24N2O4/c1-11-5-3-4-8-16(11)13(19)15-9-6-14(20-2,7-10-15)12(17)18/h11H,3-10H2,1-2H3,(H,17,18). The minimum Gasteiger partial charge on any atom is -0.479 e. The zero-order valence-electron chi connectivity index (χ0n) is 12.3. The van der Waals surface area contributed by atoms with Crippen molar-refractivity contribution < 1.29 is 19.4 Å². The first-order chi connectivity index (χ1) is 9.50. The number of hydrogen-bond donors (Lipinski definition) is 1. The molecule has 1 N–H and O–H groups in total. The Labute approximate surface area is 119 Å². The van der Waals surface area contributed by atoms with E-state index in [0.29, 0.717) is 25.9 Å². The van der Waals surface area contributed by atoms with Crippen molar-refractivity contribution in [1.29, 1.82) is 0 Å². The SMILES string of the molecule is COC1(C(=O)O)CCN(C(=O)N2CCCCC2C)CC1. The number of carboxylic acid groups (broad SMARTS) is 1. The first-order valence-corrected chi connectivity index (χ1v) is 7.34. The van der Waals surface area contributed by atoms with Gasteiger partial charge in [0.1, 0.15) is 0 Å². The van der Waals surface area contributed by atoms with E-state index in [9.17, 15) is 14.7 Å². The van der Waals surface area contributed by atoms with Gasteiger partial charge >= 0.3 is 12.0 Å². The molecule has 2 aliphatic rings. The third kappa shape index (κ3) is 2.75. The Morgan fingerprint density at radius 1 is 1.20 bits per heavy atom. The topological polar surface area (TPSA) is 70.1 Å². The lowest BCUT2D eigenvalue weighted by atomic mass is 9.91. The summed E-state index contributed by atoms with van der Waals surface area (Å²) in [6, 6.07) is 0.331. The molecule has 1 unspecified atom stereocenters.